The molecule has 0 radical (unpaired) electrons. The van der Waals surface area contributed by atoms with Crippen LogP contribution in [0, 0.1) is 5.41 Å². The number of aromatic hydroxyl groups is 1. The van der Waals surface area contributed by atoms with Gasteiger partial charge in [0.05, 0.1) is 5.56 Å². The fourth-order valence-corrected chi connectivity index (χ4v) is 1.23. The van der Waals surface area contributed by atoms with E-state index in [2.05, 4.69) is 5.32 Å². The monoisotopic (exact) mass is 236 g/mol. The topological polar surface area (TPSA) is 75.3 Å². The van der Waals surface area contributed by atoms with Crippen LogP contribution in [0.1, 0.15) is 38.1 Å². The summed E-state index contributed by atoms with van der Waals surface area (Å²) < 4.78 is 0. The number of carbonyl (C=O) groups is 1. The fourth-order valence-electron chi connectivity index (χ4n) is 1.23. The van der Waals surface area contributed by atoms with E-state index in [9.17, 15) is 9.90 Å². The molecule has 17 heavy (non-hydrogen) atoms. The summed E-state index contributed by atoms with van der Waals surface area (Å²) in [5, 5.41) is 12.2. The van der Waals surface area contributed by atoms with Crippen LogP contribution in [0.3, 0.4) is 0 Å². The van der Waals surface area contributed by atoms with E-state index in [0.29, 0.717) is 11.3 Å². The lowest BCUT2D eigenvalue weighted by molar-refractivity contribution is 0.0910. The molecule has 0 spiro atoms. The lowest BCUT2D eigenvalue weighted by Gasteiger charge is -2.28. The first-order valence-electron chi connectivity index (χ1n) is 5.61. The molecule has 4 N–H and O–H groups in total. The van der Waals surface area contributed by atoms with Gasteiger partial charge in [0.1, 0.15) is 5.75 Å². The van der Waals surface area contributed by atoms with Crippen LogP contribution in [0.5, 0.6) is 5.75 Å². The molecule has 1 atom stereocenters. The molecule has 0 aliphatic carbocycles. The number of carbonyl (C=O) groups excluding carboxylic acids is 1. The van der Waals surface area contributed by atoms with Crippen molar-refractivity contribution in [1.82, 2.24) is 5.32 Å². The van der Waals surface area contributed by atoms with Crippen molar-refractivity contribution in [3.8, 4) is 5.75 Å². The molecule has 0 aliphatic heterocycles. The van der Waals surface area contributed by atoms with E-state index in [1.54, 1.807) is 0 Å². The molecule has 4 heteroatoms. The molecular formula is C13H20N2O2. The third-order valence-corrected chi connectivity index (χ3v) is 2.93. The third-order valence-electron chi connectivity index (χ3n) is 2.93. The van der Waals surface area contributed by atoms with Gasteiger partial charge in [-0.1, -0.05) is 20.8 Å². The summed E-state index contributed by atoms with van der Waals surface area (Å²) in [6, 6.07) is 4.36. The van der Waals surface area contributed by atoms with Gasteiger partial charge in [0.15, 0.2) is 0 Å². The van der Waals surface area contributed by atoms with Crippen molar-refractivity contribution in [3.63, 3.8) is 0 Å². The highest BCUT2D eigenvalue weighted by Gasteiger charge is 2.23. The Labute approximate surface area is 102 Å². The number of nitrogens with one attached hydrogen (secondary N) is 1. The Balaban J connectivity index is 2.87. The van der Waals surface area contributed by atoms with Crippen molar-refractivity contribution in [3.05, 3.63) is 23.8 Å². The van der Waals surface area contributed by atoms with Gasteiger partial charge in [-0.05, 0) is 30.5 Å². The molecular weight excluding hydrogens is 216 g/mol. The molecule has 0 saturated carbocycles. The average molecular weight is 236 g/mol. The van der Waals surface area contributed by atoms with Crippen LogP contribution in [0.25, 0.3) is 0 Å². The molecule has 1 aromatic rings. The van der Waals surface area contributed by atoms with E-state index < -0.39 is 0 Å². The van der Waals surface area contributed by atoms with Gasteiger partial charge in [0.2, 0.25) is 0 Å². The number of hydrogen-bond acceptors (Lipinski definition) is 3. The third kappa shape index (κ3) is 3.37. The Morgan fingerprint density at radius 2 is 2.00 bits per heavy atom. The summed E-state index contributed by atoms with van der Waals surface area (Å²) in [6.07, 6.45) is 0. The van der Waals surface area contributed by atoms with Gasteiger partial charge in [-0.15, -0.1) is 0 Å². The number of nitrogen functional groups attached to an aromatic ring is 1. The molecule has 0 fully saturated rings. The van der Waals surface area contributed by atoms with Gasteiger partial charge in [-0.3, -0.25) is 4.79 Å². The number of hydrogen-bond donors (Lipinski definition) is 3. The number of phenols is 1. The summed E-state index contributed by atoms with van der Waals surface area (Å²) in [5.41, 5.74) is 6.35. The summed E-state index contributed by atoms with van der Waals surface area (Å²) >= 11 is 0. The van der Waals surface area contributed by atoms with Crippen LogP contribution in [-0.4, -0.2) is 17.1 Å². The Bertz CT molecular complexity index is 422. The molecule has 1 unspecified atom stereocenters. The first kappa shape index (κ1) is 13.4. The minimum absolute atomic E-state index is 0.0109. The van der Waals surface area contributed by atoms with Crippen LogP contribution < -0.4 is 11.1 Å². The van der Waals surface area contributed by atoms with Gasteiger partial charge in [-0.25, -0.2) is 0 Å². The maximum absolute atomic E-state index is 12.0. The molecule has 0 aromatic heterocycles. The van der Waals surface area contributed by atoms with Crippen molar-refractivity contribution in [2.24, 2.45) is 5.41 Å². The molecule has 1 aromatic carbocycles. The Morgan fingerprint density at radius 3 is 2.53 bits per heavy atom. The maximum atomic E-state index is 12.0. The van der Waals surface area contributed by atoms with Gasteiger partial charge in [-0.2, -0.15) is 0 Å². The lowest BCUT2D eigenvalue weighted by atomic mass is 9.88. The minimum Gasteiger partial charge on any atom is -0.508 e. The van der Waals surface area contributed by atoms with Crippen LogP contribution in [-0.2, 0) is 0 Å². The van der Waals surface area contributed by atoms with Gasteiger partial charge in [0, 0.05) is 11.7 Å². The second-order valence-electron chi connectivity index (χ2n) is 5.33. The zero-order valence-corrected chi connectivity index (χ0v) is 10.7. The quantitative estimate of drug-likeness (QED) is 0.544. The normalized spacial score (nSPS) is 13.2. The molecule has 0 heterocycles. The SMILES string of the molecule is CC(NC(=O)c1cc(O)ccc1N)C(C)(C)C. The summed E-state index contributed by atoms with van der Waals surface area (Å²) in [5.74, 6) is -0.228. The minimum atomic E-state index is -0.263. The van der Waals surface area contributed by atoms with Crippen molar-refractivity contribution in [2.75, 3.05) is 5.73 Å². The Hall–Kier alpha value is -1.71. The molecule has 0 aliphatic rings. The molecule has 1 amide bonds. The zero-order chi connectivity index (χ0) is 13.2. The predicted molar refractivity (Wildman–Crippen MR) is 68.9 cm³/mol. The van der Waals surface area contributed by atoms with E-state index in [1.807, 2.05) is 27.7 Å². The van der Waals surface area contributed by atoms with Gasteiger partial charge >= 0.3 is 0 Å². The largest absolute Gasteiger partial charge is 0.508 e. The standard InChI is InChI=1S/C13H20N2O2/c1-8(13(2,3)4)15-12(17)10-7-9(16)5-6-11(10)14/h5-8,16H,14H2,1-4H3,(H,15,17). The van der Waals surface area contributed by atoms with E-state index in [-0.39, 0.29) is 23.1 Å². The molecule has 4 nitrogen and oxygen atoms in total. The van der Waals surface area contributed by atoms with E-state index >= 15 is 0 Å². The van der Waals surface area contributed by atoms with Crippen molar-refractivity contribution in [1.29, 1.82) is 0 Å². The molecule has 0 bridgehead atoms. The van der Waals surface area contributed by atoms with Crippen LogP contribution in [0.15, 0.2) is 18.2 Å². The fraction of sp³-hybridized carbons (Fsp3) is 0.462. The number of anilines is 1. The zero-order valence-electron chi connectivity index (χ0n) is 10.7. The Kier molecular flexibility index (Phi) is 3.66. The van der Waals surface area contributed by atoms with E-state index in [0.717, 1.165) is 0 Å². The predicted octanol–water partition coefficient (Wildman–Crippen LogP) is 2.14. The molecule has 1 rings (SSSR count). The second-order valence-corrected chi connectivity index (χ2v) is 5.33. The average Bonchev–Trinajstić information content (AvgIpc) is 2.20. The summed E-state index contributed by atoms with van der Waals surface area (Å²) in [7, 11) is 0. The Morgan fingerprint density at radius 1 is 1.41 bits per heavy atom. The van der Waals surface area contributed by atoms with Crippen LogP contribution in [0.4, 0.5) is 5.69 Å². The number of rotatable bonds is 2. The number of nitrogens with two attached hydrogens (primary N) is 1. The lowest BCUT2D eigenvalue weighted by Crippen LogP contribution is -2.41. The second kappa shape index (κ2) is 4.65. The number of benzene rings is 1. The van der Waals surface area contributed by atoms with Crippen LogP contribution in [0.2, 0.25) is 0 Å². The van der Waals surface area contributed by atoms with Crippen molar-refractivity contribution < 1.29 is 9.90 Å². The molecule has 94 valence electrons. The van der Waals surface area contributed by atoms with Crippen molar-refractivity contribution >= 4 is 11.6 Å². The first-order valence-corrected chi connectivity index (χ1v) is 5.61. The summed E-state index contributed by atoms with van der Waals surface area (Å²) in [6.45, 7) is 8.08. The smallest absolute Gasteiger partial charge is 0.253 e. The highest BCUT2D eigenvalue weighted by Crippen LogP contribution is 2.21. The van der Waals surface area contributed by atoms with E-state index in [4.69, 9.17) is 5.73 Å². The summed E-state index contributed by atoms with van der Waals surface area (Å²) in [4.78, 5) is 12.0. The number of amides is 1. The van der Waals surface area contributed by atoms with Gasteiger partial charge < -0.3 is 16.2 Å². The molecule has 0 saturated heterocycles. The number of phenolic OH excluding ortho intramolecular Hbond substituents is 1. The highest BCUT2D eigenvalue weighted by atomic mass is 16.3. The first-order chi connectivity index (χ1) is 7.71. The van der Waals surface area contributed by atoms with Crippen molar-refractivity contribution in [2.45, 2.75) is 33.7 Å². The van der Waals surface area contributed by atoms with E-state index in [1.165, 1.54) is 18.2 Å². The highest BCUT2D eigenvalue weighted by molar-refractivity contribution is 5.99. The van der Waals surface area contributed by atoms with Gasteiger partial charge in [0.25, 0.3) is 5.91 Å². The van der Waals surface area contributed by atoms with Crippen LogP contribution >= 0.6 is 0 Å². The maximum Gasteiger partial charge on any atom is 0.253 e.